The Morgan fingerprint density at radius 2 is 1.38 bits per heavy atom. The molecule has 0 bridgehead atoms. The van der Waals surface area contributed by atoms with Crippen LogP contribution in [0.4, 0.5) is 5.69 Å². The molecule has 180 valence electrons. The summed E-state index contributed by atoms with van der Waals surface area (Å²) in [6.45, 7) is 0.173. The van der Waals surface area contributed by atoms with Gasteiger partial charge in [0.2, 0.25) is 11.8 Å². The summed E-state index contributed by atoms with van der Waals surface area (Å²) in [4.78, 5) is 28.9. The molecule has 4 N–H and O–H groups in total. The summed E-state index contributed by atoms with van der Waals surface area (Å²) in [5.74, 6) is -0.439. The molecule has 2 amide bonds. The van der Waals surface area contributed by atoms with E-state index in [-0.39, 0.29) is 43.8 Å². The van der Waals surface area contributed by atoms with Crippen LogP contribution in [0, 0.1) is 0 Å². The first-order valence-corrected chi connectivity index (χ1v) is 11.2. The summed E-state index contributed by atoms with van der Waals surface area (Å²) in [7, 11) is 0. The van der Waals surface area contributed by atoms with Crippen LogP contribution in [0.5, 0.6) is 0 Å². The molecule has 0 spiro atoms. The number of benzene rings is 3. The third-order valence-electron chi connectivity index (χ3n) is 5.23. The molecule has 0 unspecified atom stereocenters. The third kappa shape index (κ3) is 9.75. The Hall–Kier alpha value is -3.19. The fourth-order valence-corrected chi connectivity index (χ4v) is 3.52. The van der Waals surface area contributed by atoms with Crippen molar-refractivity contribution in [1.82, 2.24) is 5.48 Å². The highest BCUT2D eigenvalue weighted by atomic mass is 35.5. The molecule has 0 atom stereocenters. The van der Waals surface area contributed by atoms with Gasteiger partial charge in [-0.2, -0.15) is 0 Å². The van der Waals surface area contributed by atoms with Gasteiger partial charge < -0.3 is 11.1 Å². The molecule has 6 nitrogen and oxygen atoms in total. The number of anilines is 1. The quantitative estimate of drug-likeness (QED) is 0.264. The van der Waals surface area contributed by atoms with Crippen LogP contribution in [0.1, 0.15) is 35.1 Å². The lowest BCUT2D eigenvalue weighted by Crippen LogP contribution is -2.25. The standard InChI is InChI=1S/C27H31N3O3.ClH/c28-19-27(32)29-25-15-13-23(14-16-25)20-33-30-26(31)18-24-12-6-11-22(17-24)10-5-4-9-21-7-2-1-3-8-21;/h1-3,6-8,11-17H,4-5,9-10,18-20,28H2,(H,29,32)(H,30,31);1H. The normalized spacial score (nSPS) is 10.3. The van der Waals surface area contributed by atoms with Crippen LogP contribution in [-0.4, -0.2) is 18.4 Å². The van der Waals surface area contributed by atoms with E-state index in [1.165, 1.54) is 11.1 Å². The molecular formula is C27H32ClN3O3. The van der Waals surface area contributed by atoms with Crippen LogP contribution >= 0.6 is 12.4 Å². The number of aryl methyl sites for hydroxylation is 2. The topological polar surface area (TPSA) is 93.5 Å². The number of hydroxylamine groups is 1. The van der Waals surface area contributed by atoms with Crippen molar-refractivity contribution in [3.05, 3.63) is 101 Å². The van der Waals surface area contributed by atoms with Gasteiger partial charge in [-0.3, -0.25) is 14.4 Å². The zero-order valence-corrected chi connectivity index (χ0v) is 20.0. The molecule has 0 aliphatic carbocycles. The van der Waals surface area contributed by atoms with E-state index in [1.54, 1.807) is 12.1 Å². The van der Waals surface area contributed by atoms with Crippen LogP contribution in [0.25, 0.3) is 0 Å². The van der Waals surface area contributed by atoms with E-state index in [0.29, 0.717) is 5.69 Å². The number of nitrogens with two attached hydrogens (primary N) is 1. The summed E-state index contributed by atoms with van der Waals surface area (Å²) in [6.07, 6.45) is 4.61. The molecule has 0 aliphatic heterocycles. The van der Waals surface area contributed by atoms with Crippen molar-refractivity contribution in [2.75, 3.05) is 11.9 Å². The van der Waals surface area contributed by atoms with Gasteiger partial charge in [0.15, 0.2) is 0 Å². The van der Waals surface area contributed by atoms with Gasteiger partial charge in [-0.05, 0) is 60.1 Å². The number of hydrogen-bond acceptors (Lipinski definition) is 4. The Kier molecular flexibility index (Phi) is 11.8. The van der Waals surface area contributed by atoms with Crippen molar-refractivity contribution in [2.24, 2.45) is 5.73 Å². The molecule has 0 heterocycles. The van der Waals surface area contributed by atoms with E-state index in [1.807, 2.05) is 30.3 Å². The summed E-state index contributed by atoms with van der Waals surface area (Å²) >= 11 is 0. The molecule has 34 heavy (non-hydrogen) atoms. The number of hydrogen-bond donors (Lipinski definition) is 3. The first-order chi connectivity index (χ1) is 16.1. The molecule has 0 radical (unpaired) electrons. The first kappa shape index (κ1) is 27.1. The van der Waals surface area contributed by atoms with Gasteiger partial charge in [0.1, 0.15) is 0 Å². The number of halogens is 1. The smallest absolute Gasteiger partial charge is 0.247 e. The van der Waals surface area contributed by atoms with Crippen LogP contribution in [0.2, 0.25) is 0 Å². The minimum atomic E-state index is -0.248. The minimum Gasteiger partial charge on any atom is -0.325 e. The van der Waals surface area contributed by atoms with Crippen molar-refractivity contribution in [2.45, 2.75) is 38.7 Å². The molecule has 7 heteroatoms. The Labute approximate surface area is 207 Å². The van der Waals surface area contributed by atoms with Crippen molar-refractivity contribution >= 4 is 29.9 Å². The van der Waals surface area contributed by atoms with E-state index in [4.69, 9.17) is 10.6 Å². The summed E-state index contributed by atoms with van der Waals surface area (Å²) in [5, 5.41) is 2.67. The van der Waals surface area contributed by atoms with Crippen molar-refractivity contribution in [3.8, 4) is 0 Å². The number of rotatable bonds is 12. The maximum Gasteiger partial charge on any atom is 0.247 e. The second-order valence-electron chi connectivity index (χ2n) is 7.95. The molecule has 3 aromatic carbocycles. The lowest BCUT2D eigenvalue weighted by molar-refractivity contribution is -0.133. The summed E-state index contributed by atoms with van der Waals surface area (Å²) < 4.78 is 0. The Morgan fingerprint density at radius 3 is 2.09 bits per heavy atom. The molecule has 0 aromatic heterocycles. The Morgan fingerprint density at radius 1 is 0.735 bits per heavy atom. The third-order valence-corrected chi connectivity index (χ3v) is 5.23. The van der Waals surface area contributed by atoms with Gasteiger partial charge >= 0.3 is 0 Å². The van der Waals surface area contributed by atoms with Crippen molar-refractivity contribution in [1.29, 1.82) is 0 Å². The SMILES string of the molecule is Cl.NCC(=O)Nc1ccc(CONC(=O)Cc2cccc(CCCCc3ccccc3)c2)cc1. The molecule has 0 aliphatic rings. The van der Waals surface area contributed by atoms with Gasteiger partial charge in [-0.15, -0.1) is 12.4 Å². The number of unbranched alkanes of at least 4 members (excludes halogenated alkanes) is 1. The van der Waals surface area contributed by atoms with Crippen LogP contribution in [0.15, 0.2) is 78.9 Å². The number of carbonyl (C=O) groups excluding carboxylic acids is 2. The fraction of sp³-hybridized carbons (Fsp3) is 0.259. The molecule has 0 saturated heterocycles. The second kappa shape index (κ2) is 14.9. The van der Waals surface area contributed by atoms with Gasteiger partial charge in [0, 0.05) is 5.69 Å². The Bertz CT molecular complexity index is 1030. The molecule has 0 fully saturated rings. The first-order valence-electron chi connectivity index (χ1n) is 11.2. The Balaban J connectivity index is 0.00000408. The fourth-order valence-electron chi connectivity index (χ4n) is 3.52. The second-order valence-corrected chi connectivity index (χ2v) is 7.95. The van der Waals surface area contributed by atoms with Gasteiger partial charge in [-0.1, -0.05) is 66.7 Å². The lowest BCUT2D eigenvalue weighted by atomic mass is 10.0. The van der Waals surface area contributed by atoms with E-state index in [2.05, 4.69) is 47.2 Å². The van der Waals surface area contributed by atoms with E-state index in [9.17, 15) is 9.59 Å². The van der Waals surface area contributed by atoms with Crippen LogP contribution in [0.3, 0.4) is 0 Å². The maximum absolute atomic E-state index is 12.2. The zero-order chi connectivity index (χ0) is 23.3. The van der Waals surface area contributed by atoms with Gasteiger partial charge in [0.05, 0.1) is 19.6 Å². The number of amides is 2. The zero-order valence-electron chi connectivity index (χ0n) is 19.2. The average molecular weight is 482 g/mol. The van der Waals surface area contributed by atoms with Crippen LogP contribution in [-0.2, 0) is 40.3 Å². The van der Waals surface area contributed by atoms with Crippen molar-refractivity contribution < 1.29 is 14.4 Å². The highest BCUT2D eigenvalue weighted by molar-refractivity contribution is 5.92. The number of carbonyl (C=O) groups is 2. The average Bonchev–Trinajstić information content (AvgIpc) is 2.84. The van der Waals surface area contributed by atoms with E-state index >= 15 is 0 Å². The van der Waals surface area contributed by atoms with Gasteiger partial charge in [0.25, 0.3) is 0 Å². The highest BCUT2D eigenvalue weighted by Gasteiger charge is 2.06. The predicted molar refractivity (Wildman–Crippen MR) is 138 cm³/mol. The largest absolute Gasteiger partial charge is 0.325 e. The maximum atomic E-state index is 12.2. The molecule has 3 aromatic rings. The monoisotopic (exact) mass is 481 g/mol. The highest BCUT2D eigenvalue weighted by Crippen LogP contribution is 2.12. The van der Waals surface area contributed by atoms with Crippen LogP contribution < -0.4 is 16.5 Å². The van der Waals surface area contributed by atoms with Crippen molar-refractivity contribution in [3.63, 3.8) is 0 Å². The molecule has 0 saturated carbocycles. The van der Waals surface area contributed by atoms with E-state index in [0.717, 1.165) is 36.8 Å². The summed E-state index contributed by atoms with van der Waals surface area (Å²) in [5.41, 5.74) is 12.9. The number of nitrogens with one attached hydrogen (secondary N) is 2. The predicted octanol–water partition coefficient (Wildman–Crippen LogP) is 4.36. The molecule has 3 rings (SSSR count). The molecular weight excluding hydrogens is 450 g/mol. The van der Waals surface area contributed by atoms with Gasteiger partial charge in [-0.25, -0.2) is 5.48 Å². The minimum absolute atomic E-state index is 0. The lowest BCUT2D eigenvalue weighted by Gasteiger charge is -2.09. The van der Waals surface area contributed by atoms with E-state index < -0.39 is 0 Å². The summed E-state index contributed by atoms with van der Waals surface area (Å²) in [6, 6.07) is 25.9.